The molecule has 0 bridgehead atoms. The molecule has 0 fully saturated rings. The second kappa shape index (κ2) is 7.60. The van der Waals surface area contributed by atoms with Gasteiger partial charge in [0, 0.05) is 49.1 Å². The first-order valence-electron chi connectivity index (χ1n) is 10.5. The first-order chi connectivity index (χ1) is 13.8. The Labute approximate surface area is 180 Å². The first-order valence-corrected chi connectivity index (χ1v) is 10.5. The Morgan fingerprint density at radius 2 is 1.73 bits per heavy atom. The van der Waals surface area contributed by atoms with Crippen LogP contribution in [-0.4, -0.2) is 31.4 Å². The maximum absolute atomic E-state index is 13.3. The molecule has 0 amide bonds. The molecule has 3 rings (SSSR count). The molecule has 1 aromatic rings. The monoisotopic (exact) mass is 410 g/mol. The standard InChI is InChI=1S/C25H34N2O3/c1-15-20(23(29)30-24(2,3)4)21(16-9-11-17(12-10-16)27(7)8)22-18(26-15)13-25(5,6)14-19(22)28/h9-12,21,26H,13-14H2,1-8H3. The maximum Gasteiger partial charge on any atom is 0.337 e. The highest BCUT2D eigenvalue weighted by molar-refractivity contribution is 6.04. The first kappa shape index (κ1) is 22.1. The van der Waals surface area contributed by atoms with Crippen LogP contribution in [0.25, 0.3) is 0 Å². The van der Waals surface area contributed by atoms with E-state index in [2.05, 4.69) is 19.2 Å². The van der Waals surface area contributed by atoms with Gasteiger partial charge in [-0.25, -0.2) is 4.79 Å². The average Bonchev–Trinajstić information content (AvgIpc) is 2.57. The molecule has 1 unspecified atom stereocenters. The summed E-state index contributed by atoms with van der Waals surface area (Å²) in [6, 6.07) is 8.08. The van der Waals surface area contributed by atoms with Gasteiger partial charge in [0.25, 0.3) is 0 Å². The van der Waals surface area contributed by atoms with Crippen LogP contribution in [0.15, 0.2) is 46.8 Å². The van der Waals surface area contributed by atoms with Crippen molar-refractivity contribution in [2.45, 2.75) is 65.9 Å². The largest absolute Gasteiger partial charge is 0.457 e. The van der Waals surface area contributed by atoms with Crippen LogP contribution in [-0.2, 0) is 14.3 Å². The molecule has 0 spiro atoms. The molecule has 1 heterocycles. The van der Waals surface area contributed by atoms with Crippen LogP contribution in [0.4, 0.5) is 5.69 Å². The number of ether oxygens (including phenoxy) is 1. The van der Waals surface area contributed by atoms with Gasteiger partial charge in [-0.05, 0) is 57.2 Å². The Bertz CT molecular complexity index is 928. The summed E-state index contributed by atoms with van der Waals surface area (Å²) < 4.78 is 5.74. The zero-order valence-corrected chi connectivity index (χ0v) is 19.5. The summed E-state index contributed by atoms with van der Waals surface area (Å²) in [5.41, 5.74) is 4.20. The Balaban J connectivity index is 2.14. The molecule has 2 aliphatic rings. The topological polar surface area (TPSA) is 58.6 Å². The number of esters is 1. The summed E-state index contributed by atoms with van der Waals surface area (Å²) in [6.45, 7) is 11.7. The minimum Gasteiger partial charge on any atom is -0.457 e. The fourth-order valence-electron chi connectivity index (χ4n) is 4.34. The fourth-order valence-corrected chi connectivity index (χ4v) is 4.34. The molecule has 0 radical (unpaired) electrons. The van der Waals surface area contributed by atoms with E-state index in [4.69, 9.17) is 4.74 Å². The van der Waals surface area contributed by atoms with E-state index in [-0.39, 0.29) is 17.2 Å². The van der Waals surface area contributed by atoms with Crippen molar-refractivity contribution in [1.82, 2.24) is 5.32 Å². The number of carbonyl (C=O) groups excluding carboxylic acids is 2. The van der Waals surface area contributed by atoms with Crippen LogP contribution in [0.3, 0.4) is 0 Å². The second-order valence-corrected chi connectivity index (χ2v) is 10.4. The van der Waals surface area contributed by atoms with E-state index in [9.17, 15) is 9.59 Å². The Kier molecular flexibility index (Phi) is 5.61. The summed E-state index contributed by atoms with van der Waals surface area (Å²) >= 11 is 0. The Morgan fingerprint density at radius 1 is 1.13 bits per heavy atom. The number of anilines is 1. The normalized spacial score (nSPS) is 21.2. The van der Waals surface area contributed by atoms with Crippen LogP contribution < -0.4 is 10.2 Å². The zero-order chi connectivity index (χ0) is 22.4. The number of nitrogens with zero attached hydrogens (tertiary/aromatic N) is 1. The third kappa shape index (κ3) is 4.45. The third-order valence-corrected chi connectivity index (χ3v) is 5.60. The summed E-state index contributed by atoms with van der Waals surface area (Å²) in [4.78, 5) is 28.5. The number of benzene rings is 1. The van der Waals surface area contributed by atoms with E-state index in [0.29, 0.717) is 17.6 Å². The molecule has 1 aliphatic carbocycles. The molecule has 0 aromatic heterocycles. The lowest BCUT2D eigenvalue weighted by molar-refractivity contribution is -0.150. The van der Waals surface area contributed by atoms with Crippen molar-refractivity contribution in [2.24, 2.45) is 5.41 Å². The zero-order valence-electron chi connectivity index (χ0n) is 19.5. The van der Waals surface area contributed by atoms with Crippen molar-refractivity contribution >= 4 is 17.4 Å². The number of carbonyl (C=O) groups is 2. The average molecular weight is 411 g/mol. The number of hydrogen-bond donors (Lipinski definition) is 1. The van der Waals surface area contributed by atoms with E-state index in [0.717, 1.165) is 29.1 Å². The molecular weight excluding hydrogens is 376 g/mol. The van der Waals surface area contributed by atoms with Crippen molar-refractivity contribution in [3.8, 4) is 0 Å². The smallest absolute Gasteiger partial charge is 0.337 e. The van der Waals surface area contributed by atoms with Gasteiger partial charge in [-0.2, -0.15) is 0 Å². The Hall–Kier alpha value is -2.56. The van der Waals surface area contributed by atoms with Gasteiger partial charge >= 0.3 is 5.97 Å². The van der Waals surface area contributed by atoms with E-state index in [1.807, 2.05) is 71.0 Å². The van der Waals surface area contributed by atoms with Gasteiger partial charge in [-0.1, -0.05) is 26.0 Å². The summed E-state index contributed by atoms with van der Waals surface area (Å²) in [5.74, 6) is -0.696. The summed E-state index contributed by atoms with van der Waals surface area (Å²) in [5, 5.41) is 3.38. The summed E-state index contributed by atoms with van der Waals surface area (Å²) in [7, 11) is 3.98. The van der Waals surface area contributed by atoms with Crippen molar-refractivity contribution in [3.05, 3.63) is 52.4 Å². The number of dihydropyridines is 1. The lowest BCUT2D eigenvalue weighted by Crippen LogP contribution is -2.39. The van der Waals surface area contributed by atoms with Gasteiger partial charge < -0.3 is 15.0 Å². The number of hydrogen-bond acceptors (Lipinski definition) is 5. The molecular formula is C25H34N2O3. The number of ketones is 1. The van der Waals surface area contributed by atoms with Crippen molar-refractivity contribution < 1.29 is 14.3 Å². The van der Waals surface area contributed by atoms with Gasteiger partial charge in [-0.15, -0.1) is 0 Å². The van der Waals surface area contributed by atoms with E-state index >= 15 is 0 Å². The fraction of sp³-hybridized carbons (Fsp3) is 0.520. The van der Waals surface area contributed by atoms with Gasteiger partial charge in [0.2, 0.25) is 0 Å². The second-order valence-electron chi connectivity index (χ2n) is 10.4. The predicted molar refractivity (Wildman–Crippen MR) is 120 cm³/mol. The molecule has 5 nitrogen and oxygen atoms in total. The van der Waals surface area contributed by atoms with Crippen LogP contribution in [0.1, 0.15) is 65.9 Å². The lowest BCUT2D eigenvalue weighted by Gasteiger charge is -2.40. The molecule has 1 aliphatic heterocycles. The van der Waals surface area contributed by atoms with Gasteiger partial charge in [0.15, 0.2) is 5.78 Å². The van der Waals surface area contributed by atoms with Gasteiger partial charge in [-0.3, -0.25) is 4.79 Å². The number of nitrogens with one attached hydrogen (secondary N) is 1. The van der Waals surface area contributed by atoms with E-state index in [1.165, 1.54) is 0 Å². The number of rotatable bonds is 3. The SMILES string of the molecule is CC1=C(C(=O)OC(C)(C)C)C(c2ccc(N(C)C)cc2)C2=C(CC(C)(C)CC2=O)N1. The lowest BCUT2D eigenvalue weighted by atomic mass is 9.68. The van der Waals surface area contributed by atoms with Crippen LogP contribution >= 0.6 is 0 Å². The van der Waals surface area contributed by atoms with E-state index in [1.54, 1.807) is 0 Å². The van der Waals surface area contributed by atoms with Gasteiger partial charge in [0.1, 0.15) is 5.60 Å². The molecule has 5 heteroatoms. The number of Topliss-reactive ketones (excluding diaryl/α,β-unsaturated/α-hetero) is 1. The minimum absolute atomic E-state index is 0.101. The molecule has 1 atom stereocenters. The molecule has 0 saturated heterocycles. The van der Waals surface area contributed by atoms with Crippen molar-refractivity contribution in [1.29, 1.82) is 0 Å². The third-order valence-electron chi connectivity index (χ3n) is 5.60. The molecule has 1 aromatic carbocycles. The molecule has 162 valence electrons. The quantitative estimate of drug-likeness (QED) is 0.732. The van der Waals surface area contributed by atoms with E-state index < -0.39 is 11.5 Å². The maximum atomic E-state index is 13.3. The van der Waals surface area contributed by atoms with Gasteiger partial charge in [0.05, 0.1) is 5.57 Å². The van der Waals surface area contributed by atoms with Crippen LogP contribution in [0.2, 0.25) is 0 Å². The summed E-state index contributed by atoms with van der Waals surface area (Å²) in [6.07, 6.45) is 1.25. The Morgan fingerprint density at radius 3 is 2.27 bits per heavy atom. The van der Waals surface area contributed by atoms with Crippen LogP contribution in [0.5, 0.6) is 0 Å². The molecule has 0 saturated carbocycles. The molecule has 30 heavy (non-hydrogen) atoms. The number of allylic oxidation sites excluding steroid dienone is 3. The minimum atomic E-state index is -0.614. The van der Waals surface area contributed by atoms with Crippen molar-refractivity contribution in [2.75, 3.05) is 19.0 Å². The van der Waals surface area contributed by atoms with Crippen LogP contribution in [0, 0.1) is 5.41 Å². The van der Waals surface area contributed by atoms with Crippen molar-refractivity contribution in [3.63, 3.8) is 0 Å². The highest BCUT2D eigenvalue weighted by atomic mass is 16.6. The molecule has 1 N–H and O–H groups in total. The predicted octanol–water partition coefficient (Wildman–Crippen LogP) is 4.70. The highest BCUT2D eigenvalue weighted by Crippen LogP contribution is 2.47. The highest BCUT2D eigenvalue weighted by Gasteiger charge is 2.43.